The first-order valence-corrected chi connectivity index (χ1v) is 7.86. The summed E-state index contributed by atoms with van der Waals surface area (Å²) >= 11 is 0. The maximum Gasteiger partial charge on any atom is 0.323 e. The van der Waals surface area contributed by atoms with Gasteiger partial charge in [-0.15, -0.1) is 0 Å². The first-order chi connectivity index (χ1) is 12.6. The Bertz CT molecular complexity index is 911. The van der Waals surface area contributed by atoms with Crippen LogP contribution in [0.1, 0.15) is 10.4 Å². The van der Waals surface area contributed by atoms with Crippen LogP contribution in [-0.4, -0.2) is 16.9 Å². The lowest BCUT2D eigenvalue weighted by atomic mass is 10.2. The molecule has 3 aromatic rings. The number of pyridine rings is 1. The molecule has 0 aliphatic heterocycles. The maximum absolute atomic E-state index is 12.1. The van der Waals surface area contributed by atoms with Gasteiger partial charge in [-0.25, -0.2) is 4.79 Å². The molecule has 0 saturated carbocycles. The van der Waals surface area contributed by atoms with Gasteiger partial charge < -0.3 is 21.7 Å². The van der Waals surface area contributed by atoms with Gasteiger partial charge in [0.25, 0.3) is 5.91 Å². The van der Waals surface area contributed by atoms with E-state index in [0.717, 1.165) is 0 Å². The molecule has 0 saturated heterocycles. The molecule has 0 unspecified atom stereocenters. The molecule has 0 radical (unpaired) electrons. The number of benzene rings is 2. The van der Waals surface area contributed by atoms with Crippen LogP contribution in [0.2, 0.25) is 0 Å². The number of urea groups is 1. The van der Waals surface area contributed by atoms with Gasteiger partial charge in [0.1, 0.15) is 0 Å². The Morgan fingerprint density at radius 2 is 1.50 bits per heavy atom. The number of aromatic nitrogens is 1. The molecule has 1 heterocycles. The van der Waals surface area contributed by atoms with E-state index < -0.39 is 6.03 Å². The molecular formula is C19H17N5O2. The summed E-state index contributed by atoms with van der Waals surface area (Å²) in [6.07, 6.45) is 3.09. The average Bonchev–Trinajstić information content (AvgIpc) is 2.66. The van der Waals surface area contributed by atoms with Crippen LogP contribution in [0.5, 0.6) is 0 Å². The maximum atomic E-state index is 12.1. The van der Waals surface area contributed by atoms with E-state index in [1.165, 1.54) is 6.20 Å². The van der Waals surface area contributed by atoms with Gasteiger partial charge in [-0.3, -0.25) is 9.78 Å². The normalized spacial score (nSPS) is 10.0. The Morgan fingerprint density at radius 3 is 2.15 bits per heavy atom. The van der Waals surface area contributed by atoms with Crippen molar-refractivity contribution in [3.05, 3.63) is 78.6 Å². The minimum Gasteiger partial charge on any atom is -0.397 e. The van der Waals surface area contributed by atoms with Gasteiger partial charge in [0, 0.05) is 23.8 Å². The summed E-state index contributed by atoms with van der Waals surface area (Å²) < 4.78 is 0. The average molecular weight is 347 g/mol. The molecule has 0 fully saturated rings. The predicted octanol–water partition coefficient (Wildman–Crippen LogP) is 3.56. The number of nitrogens with zero attached hydrogens (tertiary/aromatic N) is 1. The van der Waals surface area contributed by atoms with Gasteiger partial charge in [0.2, 0.25) is 0 Å². The molecule has 0 bridgehead atoms. The highest BCUT2D eigenvalue weighted by Gasteiger charge is 2.07. The van der Waals surface area contributed by atoms with Gasteiger partial charge in [-0.1, -0.05) is 12.1 Å². The molecule has 130 valence electrons. The molecule has 3 rings (SSSR count). The molecule has 0 aliphatic rings. The van der Waals surface area contributed by atoms with Crippen molar-refractivity contribution in [3.8, 4) is 0 Å². The second-order valence-electron chi connectivity index (χ2n) is 5.44. The van der Waals surface area contributed by atoms with Crippen LogP contribution in [0.4, 0.5) is 27.5 Å². The fourth-order valence-corrected chi connectivity index (χ4v) is 2.23. The van der Waals surface area contributed by atoms with E-state index >= 15 is 0 Å². The number of nitrogens with one attached hydrogen (secondary N) is 3. The Hall–Kier alpha value is -3.87. The fraction of sp³-hybridized carbons (Fsp3) is 0. The second-order valence-corrected chi connectivity index (χ2v) is 5.44. The van der Waals surface area contributed by atoms with Crippen LogP contribution >= 0.6 is 0 Å². The minimum absolute atomic E-state index is 0.254. The lowest BCUT2D eigenvalue weighted by molar-refractivity contribution is 0.102. The van der Waals surface area contributed by atoms with Gasteiger partial charge in [0.15, 0.2) is 0 Å². The molecular weight excluding hydrogens is 330 g/mol. The zero-order valence-corrected chi connectivity index (χ0v) is 13.8. The Balaban J connectivity index is 1.58. The molecule has 2 aromatic carbocycles. The largest absolute Gasteiger partial charge is 0.397 e. The van der Waals surface area contributed by atoms with E-state index in [1.807, 2.05) is 0 Å². The van der Waals surface area contributed by atoms with E-state index in [-0.39, 0.29) is 5.91 Å². The van der Waals surface area contributed by atoms with E-state index in [4.69, 9.17) is 5.73 Å². The quantitative estimate of drug-likeness (QED) is 0.541. The summed E-state index contributed by atoms with van der Waals surface area (Å²) in [4.78, 5) is 28.0. The highest BCUT2D eigenvalue weighted by molar-refractivity contribution is 6.04. The number of rotatable bonds is 4. The number of para-hydroxylation sites is 2. The molecule has 0 aliphatic carbocycles. The van der Waals surface area contributed by atoms with Crippen LogP contribution in [0.25, 0.3) is 0 Å². The number of carbonyl (C=O) groups is 2. The van der Waals surface area contributed by atoms with E-state index in [9.17, 15) is 9.59 Å². The molecule has 5 N–H and O–H groups in total. The van der Waals surface area contributed by atoms with Crippen molar-refractivity contribution in [3.63, 3.8) is 0 Å². The van der Waals surface area contributed by atoms with E-state index in [1.54, 1.807) is 66.9 Å². The standard InChI is InChI=1S/C19H17N5O2/c20-16-5-1-2-6-17(16)24-19(26)23-15-9-7-14(8-10-15)22-18(25)13-4-3-11-21-12-13/h1-12H,20H2,(H,22,25)(H2,23,24,26). The third-order valence-electron chi connectivity index (χ3n) is 3.53. The summed E-state index contributed by atoms with van der Waals surface area (Å²) in [5, 5.41) is 8.14. The molecule has 0 atom stereocenters. The second kappa shape index (κ2) is 7.80. The van der Waals surface area contributed by atoms with Crippen molar-refractivity contribution < 1.29 is 9.59 Å². The summed E-state index contributed by atoms with van der Waals surface area (Å²) in [6, 6.07) is 16.7. The SMILES string of the molecule is Nc1ccccc1NC(=O)Nc1ccc(NC(=O)c2cccnc2)cc1. The molecule has 7 nitrogen and oxygen atoms in total. The Kier molecular flexibility index (Phi) is 5.09. The van der Waals surface area contributed by atoms with Crippen molar-refractivity contribution in [2.24, 2.45) is 0 Å². The third-order valence-corrected chi connectivity index (χ3v) is 3.53. The van der Waals surface area contributed by atoms with E-state index in [0.29, 0.717) is 28.3 Å². The molecule has 7 heteroatoms. The van der Waals surface area contributed by atoms with Crippen molar-refractivity contribution >= 4 is 34.7 Å². The van der Waals surface area contributed by atoms with Crippen LogP contribution in [0.15, 0.2) is 73.1 Å². The van der Waals surface area contributed by atoms with Crippen molar-refractivity contribution in [1.82, 2.24) is 4.98 Å². The zero-order valence-electron chi connectivity index (χ0n) is 13.8. The molecule has 0 spiro atoms. The van der Waals surface area contributed by atoms with Crippen molar-refractivity contribution in [1.29, 1.82) is 0 Å². The number of nitrogens with two attached hydrogens (primary N) is 1. The number of amides is 3. The lowest BCUT2D eigenvalue weighted by Crippen LogP contribution is -2.20. The number of anilines is 4. The summed E-state index contributed by atoms with van der Waals surface area (Å²) in [5.41, 5.74) is 8.46. The first kappa shape index (κ1) is 17.0. The van der Waals surface area contributed by atoms with E-state index in [2.05, 4.69) is 20.9 Å². The zero-order chi connectivity index (χ0) is 18.4. The highest BCUT2D eigenvalue weighted by atomic mass is 16.2. The topological polar surface area (TPSA) is 109 Å². The summed E-state index contributed by atoms with van der Waals surface area (Å²) in [7, 11) is 0. The summed E-state index contributed by atoms with van der Waals surface area (Å²) in [5.74, 6) is -0.254. The van der Waals surface area contributed by atoms with Gasteiger partial charge in [0.05, 0.1) is 16.9 Å². The van der Waals surface area contributed by atoms with Crippen molar-refractivity contribution in [2.75, 3.05) is 21.7 Å². The Morgan fingerprint density at radius 1 is 0.808 bits per heavy atom. The van der Waals surface area contributed by atoms with Gasteiger partial charge >= 0.3 is 6.03 Å². The fourth-order valence-electron chi connectivity index (χ4n) is 2.23. The number of carbonyl (C=O) groups excluding carboxylic acids is 2. The third kappa shape index (κ3) is 4.35. The smallest absolute Gasteiger partial charge is 0.323 e. The van der Waals surface area contributed by atoms with Gasteiger partial charge in [-0.2, -0.15) is 0 Å². The van der Waals surface area contributed by atoms with Crippen LogP contribution in [-0.2, 0) is 0 Å². The van der Waals surface area contributed by atoms with Crippen LogP contribution < -0.4 is 21.7 Å². The van der Waals surface area contributed by atoms with Crippen LogP contribution in [0, 0.1) is 0 Å². The van der Waals surface area contributed by atoms with Crippen molar-refractivity contribution in [2.45, 2.75) is 0 Å². The summed E-state index contributed by atoms with van der Waals surface area (Å²) in [6.45, 7) is 0. The minimum atomic E-state index is -0.407. The number of hydrogen-bond acceptors (Lipinski definition) is 4. The van der Waals surface area contributed by atoms with Gasteiger partial charge in [-0.05, 0) is 48.5 Å². The Labute approximate surface area is 150 Å². The molecule has 26 heavy (non-hydrogen) atoms. The van der Waals surface area contributed by atoms with Crippen LogP contribution in [0.3, 0.4) is 0 Å². The number of hydrogen-bond donors (Lipinski definition) is 4. The first-order valence-electron chi connectivity index (χ1n) is 7.86. The highest BCUT2D eigenvalue weighted by Crippen LogP contribution is 2.18. The molecule has 3 amide bonds. The number of nitrogen functional groups attached to an aromatic ring is 1. The monoisotopic (exact) mass is 347 g/mol. The predicted molar refractivity (Wildman–Crippen MR) is 102 cm³/mol. The molecule has 1 aromatic heterocycles. The lowest BCUT2D eigenvalue weighted by Gasteiger charge is -2.10.